The monoisotopic (exact) mass is 531 g/mol. The first-order chi connectivity index (χ1) is 18.9. The normalized spacial score (nSPS) is 13.5. The Bertz CT molecular complexity index is 1450. The van der Waals surface area contributed by atoms with Crippen LogP contribution in [0.3, 0.4) is 0 Å². The summed E-state index contributed by atoms with van der Waals surface area (Å²) in [6.07, 6.45) is 3.54. The molecule has 13 heteroatoms. The molecule has 1 aliphatic rings. The second-order valence-corrected chi connectivity index (χ2v) is 9.16. The van der Waals surface area contributed by atoms with Crippen LogP contribution in [0.25, 0.3) is 17.1 Å². The summed E-state index contributed by atoms with van der Waals surface area (Å²) in [6, 6.07) is 13.1. The van der Waals surface area contributed by atoms with E-state index in [1.54, 1.807) is 16.9 Å². The molecule has 0 bridgehead atoms. The maximum atomic E-state index is 11.9. The summed E-state index contributed by atoms with van der Waals surface area (Å²) in [6.45, 7) is 2.64. The molecule has 4 heterocycles. The minimum absolute atomic E-state index is 0.149. The molecular formula is C26H29N9O4. The summed E-state index contributed by atoms with van der Waals surface area (Å²) >= 11 is 0. The zero-order chi connectivity index (χ0) is 27.4. The van der Waals surface area contributed by atoms with Crippen molar-refractivity contribution < 1.29 is 14.4 Å². The van der Waals surface area contributed by atoms with Crippen LogP contribution in [-0.2, 0) is 11.3 Å². The molecule has 1 saturated heterocycles. The van der Waals surface area contributed by atoms with Gasteiger partial charge in [-0.05, 0) is 14.1 Å². The average molecular weight is 532 g/mol. The number of hydrogen-bond acceptors (Lipinski definition) is 11. The van der Waals surface area contributed by atoms with Crippen molar-refractivity contribution in [2.45, 2.75) is 6.54 Å². The van der Waals surface area contributed by atoms with Crippen LogP contribution in [0.2, 0.25) is 0 Å². The third-order valence-electron chi connectivity index (χ3n) is 6.09. The molecule has 5 rings (SSSR count). The number of morpholine rings is 1. The third kappa shape index (κ3) is 5.78. The van der Waals surface area contributed by atoms with Gasteiger partial charge in [0.1, 0.15) is 5.69 Å². The highest BCUT2D eigenvalue weighted by Crippen LogP contribution is 2.36. The average Bonchev–Trinajstić information content (AvgIpc) is 3.37. The SMILES string of the molecule is COc1nc(N2CCOCC2)c([N+](=O)[O-])cc1Nc1nccc(-n2cc(CN(C)C)c(-c3ccccc3)n2)n1. The Labute approximate surface area is 225 Å². The number of ether oxygens (including phenoxy) is 2. The number of benzene rings is 1. The number of hydrogen-bond donors (Lipinski definition) is 1. The Balaban J connectivity index is 1.48. The molecule has 0 amide bonds. The van der Waals surface area contributed by atoms with E-state index < -0.39 is 4.92 Å². The van der Waals surface area contributed by atoms with Crippen LogP contribution in [-0.4, -0.2) is 82.1 Å². The minimum Gasteiger partial charge on any atom is -0.479 e. The van der Waals surface area contributed by atoms with Crippen LogP contribution in [0.1, 0.15) is 5.56 Å². The molecule has 0 radical (unpaired) electrons. The van der Waals surface area contributed by atoms with Crippen LogP contribution in [0.15, 0.2) is 54.9 Å². The standard InChI is InChI=1S/C26H29N9O4/c1-32(2)16-19-17-34(31-23(19)18-7-5-4-6-8-18)22-9-10-27-26(29-22)28-20-15-21(35(36)37)24(30-25(20)38-3)33-11-13-39-14-12-33/h4-10,15,17H,11-14,16H2,1-3H3,(H,27,28,29). The van der Waals surface area contributed by atoms with Gasteiger partial charge in [0.05, 0.1) is 30.9 Å². The van der Waals surface area contributed by atoms with Gasteiger partial charge in [-0.15, -0.1) is 0 Å². The number of aromatic nitrogens is 5. The lowest BCUT2D eigenvalue weighted by molar-refractivity contribution is -0.384. The van der Waals surface area contributed by atoms with Crippen molar-refractivity contribution in [2.75, 3.05) is 57.7 Å². The maximum Gasteiger partial charge on any atom is 0.313 e. The molecule has 13 nitrogen and oxygen atoms in total. The third-order valence-corrected chi connectivity index (χ3v) is 6.09. The highest BCUT2D eigenvalue weighted by atomic mass is 16.6. The second kappa shape index (κ2) is 11.4. The van der Waals surface area contributed by atoms with Gasteiger partial charge in [0, 0.05) is 55.3 Å². The van der Waals surface area contributed by atoms with Crippen molar-refractivity contribution in [1.29, 1.82) is 0 Å². The number of anilines is 3. The van der Waals surface area contributed by atoms with Gasteiger partial charge in [0.25, 0.3) is 0 Å². The molecule has 1 N–H and O–H groups in total. The van der Waals surface area contributed by atoms with Gasteiger partial charge in [0.15, 0.2) is 5.82 Å². The van der Waals surface area contributed by atoms with E-state index in [4.69, 9.17) is 14.6 Å². The summed E-state index contributed by atoms with van der Waals surface area (Å²) in [5.74, 6) is 1.17. The van der Waals surface area contributed by atoms with Gasteiger partial charge >= 0.3 is 5.69 Å². The summed E-state index contributed by atoms with van der Waals surface area (Å²) in [5.41, 5.74) is 3.03. The van der Waals surface area contributed by atoms with Gasteiger partial charge in [-0.1, -0.05) is 30.3 Å². The lowest BCUT2D eigenvalue weighted by Crippen LogP contribution is -2.37. The topological polar surface area (TPSA) is 137 Å². The molecule has 0 spiro atoms. The molecule has 0 unspecified atom stereocenters. The van der Waals surface area contributed by atoms with E-state index in [-0.39, 0.29) is 29.0 Å². The van der Waals surface area contributed by atoms with Crippen molar-refractivity contribution in [3.05, 3.63) is 70.5 Å². The fourth-order valence-corrected chi connectivity index (χ4v) is 4.34. The molecule has 0 saturated carbocycles. The molecule has 4 aromatic rings. The highest BCUT2D eigenvalue weighted by Gasteiger charge is 2.27. The van der Waals surface area contributed by atoms with Crippen LogP contribution in [0, 0.1) is 10.1 Å². The zero-order valence-corrected chi connectivity index (χ0v) is 21.9. The quantitative estimate of drug-likeness (QED) is 0.252. The summed E-state index contributed by atoms with van der Waals surface area (Å²) in [4.78, 5) is 28.7. The lowest BCUT2D eigenvalue weighted by atomic mass is 10.1. The van der Waals surface area contributed by atoms with E-state index in [0.717, 1.165) is 16.8 Å². The molecule has 202 valence electrons. The summed E-state index contributed by atoms with van der Waals surface area (Å²) in [5, 5.41) is 19.8. The largest absolute Gasteiger partial charge is 0.479 e. The Morgan fingerprint density at radius 2 is 1.92 bits per heavy atom. The summed E-state index contributed by atoms with van der Waals surface area (Å²) in [7, 11) is 5.47. The molecule has 0 atom stereocenters. The van der Waals surface area contributed by atoms with Gasteiger partial charge in [-0.25, -0.2) is 9.67 Å². The van der Waals surface area contributed by atoms with E-state index in [2.05, 4.69) is 25.2 Å². The highest BCUT2D eigenvalue weighted by molar-refractivity contribution is 5.71. The first-order valence-electron chi connectivity index (χ1n) is 12.4. The first kappa shape index (κ1) is 26.0. The number of rotatable bonds is 9. The van der Waals surface area contributed by atoms with Crippen LogP contribution < -0.4 is 15.0 Å². The van der Waals surface area contributed by atoms with Crippen molar-refractivity contribution in [1.82, 2.24) is 29.6 Å². The van der Waals surface area contributed by atoms with Crippen molar-refractivity contribution >= 4 is 23.1 Å². The zero-order valence-electron chi connectivity index (χ0n) is 21.9. The Morgan fingerprint density at radius 3 is 2.62 bits per heavy atom. The smallest absolute Gasteiger partial charge is 0.313 e. The number of nitro groups is 1. The van der Waals surface area contributed by atoms with E-state index in [0.29, 0.717) is 38.7 Å². The van der Waals surface area contributed by atoms with E-state index in [1.807, 2.05) is 55.5 Å². The first-order valence-corrected chi connectivity index (χ1v) is 12.4. The van der Waals surface area contributed by atoms with Crippen molar-refractivity contribution in [3.63, 3.8) is 0 Å². The number of methoxy groups -OCH3 is 1. The predicted molar refractivity (Wildman–Crippen MR) is 146 cm³/mol. The second-order valence-electron chi connectivity index (χ2n) is 9.16. The fraction of sp³-hybridized carbons (Fsp3) is 0.308. The maximum absolute atomic E-state index is 11.9. The van der Waals surface area contributed by atoms with Gasteiger partial charge in [0.2, 0.25) is 17.6 Å². The molecule has 3 aromatic heterocycles. The van der Waals surface area contributed by atoms with E-state index in [1.165, 1.54) is 13.2 Å². The van der Waals surface area contributed by atoms with Crippen LogP contribution in [0.4, 0.5) is 23.1 Å². The summed E-state index contributed by atoms with van der Waals surface area (Å²) < 4.78 is 12.5. The number of nitrogens with zero attached hydrogens (tertiary/aromatic N) is 8. The lowest BCUT2D eigenvalue weighted by Gasteiger charge is -2.27. The fourth-order valence-electron chi connectivity index (χ4n) is 4.34. The van der Waals surface area contributed by atoms with Crippen LogP contribution >= 0.6 is 0 Å². The molecule has 0 aliphatic carbocycles. The van der Waals surface area contributed by atoms with Crippen molar-refractivity contribution in [3.8, 4) is 23.0 Å². The van der Waals surface area contributed by atoms with Crippen LogP contribution in [0.5, 0.6) is 5.88 Å². The van der Waals surface area contributed by atoms with Gasteiger partial charge < -0.3 is 24.6 Å². The minimum atomic E-state index is -0.458. The number of pyridine rings is 1. The molecule has 1 aromatic carbocycles. The Kier molecular flexibility index (Phi) is 7.61. The Hall–Kier alpha value is -4.62. The van der Waals surface area contributed by atoms with Gasteiger partial charge in [-0.3, -0.25) is 10.1 Å². The van der Waals surface area contributed by atoms with Gasteiger partial charge in [-0.2, -0.15) is 15.1 Å². The molecular weight excluding hydrogens is 502 g/mol. The van der Waals surface area contributed by atoms with Crippen molar-refractivity contribution in [2.24, 2.45) is 0 Å². The Morgan fingerprint density at radius 1 is 1.15 bits per heavy atom. The van der Waals surface area contributed by atoms with E-state index in [9.17, 15) is 10.1 Å². The predicted octanol–water partition coefficient (Wildman–Crippen LogP) is 3.28. The molecule has 39 heavy (non-hydrogen) atoms. The van der Waals surface area contributed by atoms with E-state index >= 15 is 0 Å². The molecule has 1 aliphatic heterocycles. The molecule has 1 fully saturated rings. The number of nitrogens with one attached hydrogen (secondary N) is 1.